The van der Waals surface area contributed by atoms with E-state index in [2.05, 4.69) is 100 Å². The van der Waals surface area contributed by atoms with Crippen molar-refractivity contribution in [3.8, 4) is 0 Å². The second-order valence-corrected chi connectivity index (χ2v) is 9.32. The van der Waals surface area contributed by atoms with Crippen LogP contribution < -0.4 is 0 Å². The summed E-state index contributed by atoms with van der Waals surface area (Å²) >= 11 is 0. The third-order valence-electron chi connectivity index (χ3n) is 4.94. The molecular weight excluding hydrogens is 340 g/mol. The van der Waals surface area contributed by atoms with Crippen molar-refractivity contribution in [2.24, 2.45) is 0 Å². The summed E-state index contributed by atoms with van der Waals surface area (Å²) in [6, 6.07) is 21.1. The summed E-state index contributed by atoms with van der Waals surface area (Å²) in [5, 5.41) is 2.43. The molecule has 2 heterocycles. The Bertz CT molecular complexity index is 993. The van der Waals surface area contributed by atoms with Gasteiger partial charge in [0.05, 0.1) is 11.0 Å². The molecule has 2 aromatic heterocycles. The minimum Gasteiger partial charge on any atom is -0.256 e. The van der Waals surface area contributed by atoms with Crippen molar-refractivity contribution in [1.29, 1.82) is 0 Å². The predicted molar refractivity (Wildman–Crippen MR) is 121 cm³/mol. The first-order valence-corrected chi connectivity index (χ1v) is 9.85. The van der Waals surface area contributed by atoms with Crippen molar-refractivity contribution in [2.75, 3.05) is 0 Å². The predicted octanol–water partition coefficient (Wildman–Crippen LogP) is 7.06. The summed E-state index contributed by atoms with van der Waals surface area (Å²) in [6.45, 7) is 13.3. The van der Waals surface area contributed by atoms with Gasteiger partial charge in [0, 0.05) is 23.2 Å². The Morgan fingerprint density at radius 3 is 1.71 bits per heavy atom. The van der Waals surface area contributed by atoms with E-state index in [4.69, 9.17) is 0 Å². The summed E-state index contributed by atoms with van der Waals surface area (Å²) < 4.78 is 0. The lowest BCUT2D eigenvalue weighted by Crippen LogP contribution is -2.10. The molecule has 4 aromatic rings. The highest BCUT2D eigenvalue weighted by Crippen LogP contribution is 2.25. The van der Waals surface area contributed by atoms with Crippen LogP contribution in [0.15, 0.2) is 73.1 Å². The van der Waals surface area contributed by atoms with Crippen molar-refractivity contribution in [2.45, 2.75) is 52.4 Å². The van der Waals surface area contributed by atoms with Crippen molar-refractivity contribution in [3.05, 3.63) is 84.2 Å². The molecule has 0 aliphatic heterocycles. The van der Waals surface area contributed by atoms with Gasteiger partial charge in [-0.2, -0.15) is 0 Å². The zero-order valence-electron chi connectivity index (χ0n) is 17.8. The quantitative estimate of drug-likeness (QED) is 0.331. The van der Waals surface area contributed by atoms with Crippen molar-refractivity contribution in [1.82, 2.24) is 9.97 Å². The molecule has 0 spiro atoms. The van der Waals surface area contributed by atoms with Crippen LogP contribution in [0, 0.1) is 0 Å². The van der Waals surface area contributed by atoms with Crippen LogP contribution in [0.5, 0.6) is 0 Å². The van der Waals surface area contributed by atoms with Crippen LogP contribution >= 0.6 is 0 Å². The van der Waals surface area contributed by atoms with E-state index in [0.29, 0.717) is 0 Å². The highest BCUT2D eigenvalue weighted by Gasteiger charge is 2.14. The summed E-state index contributed by atoms with van der Waals surface area (Å²) in [5.41, 5.74) is 5.26. The first kappa shape index (κ1) is 20.0. The highest BCUT2D eigenvalue weighted by atomic mass is 14.6. The number of fused-ring (bicyclic) bond motifs is 2. The van der Waals surface area contributed by atoms with E-state index < -0.39 is 0 Å². The smallest absolute Gasteiger partial charge is 0.0704 e. The van der Waals surface area contributed by atoms with Gasteiger partial charge in [-0.15, -0.1) is 0 Å². The molecule has 144 valence electrons. The van der Waals surface area contributed by atoms with Crippen LogP contribution in [0.1, 0.15) is 52.7 Å². The molecule has 0 radical (unpaired) electrons. The lowest BCUT2D eigenvalue weighted by molar-refractivity contribution is 0.591. The van der Waals surface area contributed by atoms with E-state index >= 15 is 0 Å². The molecule has 0 amide bonds. The van der Waals surface area contributed by atoms with Crippen LogP contribution in [0.4, 0.5) is 0 Å². The monoisotopic (exact) mass is 370 g/mol. The van der Waals surface area contributed by atoms with Crippen LogP contribution in [0.3, 0.4) is 0 Å². The van der Waals surface area contributed by atoms with Gasteiger partial charge in [0.25, 0.3) is 0 Å². The Hall–Kier alpha value is -2.74. The molecule has 0 saturated heterocycles. The van der Waals surface area contributed by atoms with E-state index in [1.54, 1.807) is 0 Å². The molecule has 2 nitrogen and oxygen atoms in total. The number of nitrogens with zero attached hydrogens (tertiary/aromatic N) is 2. The third kappa shape index (κ3) is 4.75. The maximum absolute atomic E-state index is 4.36. The van der Waals surface area contributed by atoms with Gasteiger partial charge in [-0.1, -0.05) is 71.9 Å². The zero-order valence-corrected chi connectivity index (χ0v) is 17.8. The van der Waals surface area contributed by atoms with Crippen LogP contribution in [-0.2, 0) is 10.8 Å². The number of hydrogen-bond acceptors (Lipinski definition) is 2. The molecule has 4 rings (SSSR count). The number of benzene rings is 2. The van der Waals surface area contributed by atoms with Crippen molar-refractivity contribution < 1.29 is 0 Å². The fourth-order valence-electron chi connectivity index (χ4n) is 3.08. The van der Waals surface area contributed by atoms with Gasteiger partial charge in [0.1, 0.15) is 0 Å². The molecule has 0 saturated carbocycles. The van der Waals surface area contributed by atoms with Crippen molar-refractivity contribution >= 4 is 21.8 Å². The molecule has 0 aliphatic rings. The maximum Gasteiger partial charge on any atom is 0.0704 e. The summed E-state index contributed by atoms with van der Waals surface area (Å²) in [4.78, 5) is 8.66. The standard InChI is InChI=1S/2C13H15N/c1-13(2,3)11-6-7-12-10(9-11)5-4-8-14-12;1-13(2,3)11-7-6-10-5-4-8-14-12(10)9-11/h2*4-9H,1-3H3. The summed E-state index contributed by atoms with van der Waals surface area (Å²) in [6.07, 6.45) is 3.67. The summed E-state index contributed by atoms with van der Waals surface area (Å²) in [7, 11) is 0. The molecule has 0 fully saturated rings. The molecule has 0 N–H and O–H groups in total. The highest BCUT2D eigenvalue weighted by molar-refractivity contribution is 5.79. The molecule has 28 heavy (non-hydrogen) atoms. The number of aromatic nitrogens is 2. The average Bonchev–Trinajstić information content (AvgIpc) is 2.66. The van der Waals surface area contributed by atoms with E-state index in [-0.39, 0.29) is 10.8 Å². The van der Waals surface area contributed by atoms with Gasteiger partial charge in [-0.3, -0.25) is 9.97 Å². The molecule has 2 aromatic carbocycles. The fraction of sp³-hybridized carbons (Fsp3) is 0.308. The molecule has 2 heteroatoms. The molecule has 0 bridgehead atoms. The minimum absolute atomic E-state index is 0.200. The van der Waals surface area contributed by atoms with Gasteiger partial charge in [0.15, 0.2) is 0 Å². The van der Waals surface area contributed by atoms with Gasteiger partial charge < -0.3 is 0 Å². The van der Waals surface area contributed by atoms with E-state index in [0.717, 1.165) is 11.0 Å². The van der Waals surface area contributed by atoms with Gasteiger partial charge in [0.2, 0.25) is 0 Å². The van der Waals surface area contributed by atoms with Crippen LogP contribution in [-0.4, -0.2) is 9.97 Å². The molecular formula is C26H30N2. The first-order valence-electron chi connectivity index (χ1n) is 9.85. The number of rotatable bonds is 0. The minimum atomic E-state index is 0.200. The van der Waals surface area contributed by atoms with Crippen LogP contribution in [0.25, 0.3) is 21.8 Å². The molecule has 0 aliphatic carbocycles. The second kappa shape index (κ2) is 7.71. The zero-order chi connectivity index (χ0) is 20.4. The summed E-state index contributed by atoms with van der Waals surface area (Å²) in [5.74, 6) is 0. The Kier molecular flexibility index (Phi) is 5.51. The van der Waals surface area contributed by atoms with Gasteiger partial charge in [-0.05, 0) is 52.3 Å². The van der Waals surface area contributed by atoms with E-state index in [1.165, 1.54) is 21.9 Å². The lowest BCUT2D eigenvalue weighted by atomic mass is 9.86. The number of hydrogen-bond donors (Lipinski definition) is 0. The van der Waals surface area contributed by atoms with Gasteiger partial charge >= 0.3 is 0 Å². The molecule has 0 unspecified atom stereocenters. The van der Waals surface area contributed by atoms with Gasteiger partial charge in [-0.25, -0.2) is 0 Å². The topological polar surface area (TPSA) is 25.8 Å². The Labute approximate surface area is 168 Å². The molecule has 0 atom stereocenters. The third-order valence-corrected chi connectivity index (χ3v) is 4.94. The average molecular weight is 371 g/mol. The first-order chi connectivity index (χ1) is 13.1. The van der Waals surface area contributed by atoms with E-state index in [9.17, 15) is 0 Å². The van der Waals surface area contributed by atoms with E-state index in [1.807, 2.05) is 24.5 Å². The van der Waals surface area contributed by atoms with Crippen molar-refractivity contribution in [3.63, 3.8) is 0 Å². The van der Waals surface area contributed by atoms with Crippen LogP contribution in [0.2, 0.25) is 0 Å². The Morgan fingerprint density at radius 2 is 1.07 bits per heavy atom. The lowest BCUT2D eigenvalue weighted by Gasteiger charge is -2.19. The SMILES string of the molecule is CC(C)(C)c1ccc2cccnc2c1.CC(C)(C)c1ccc2ncccc2c1. The normalized spacial score (nSPS) is 11.9. The number of pyridine rings is 2. The second-order valence-electron chi connectivity index (χ2n) is 9.32. The fourth-order valence-corrected chi connectivity index (χ4v) is 3.08. The largest absolute Gasteiger partial charge is 0.256 e. The Balaban J connectivity index is 0.000000161. The maximum atomic E-state index is 4.36. The Morgan fingerprint density at radius 1 is 0.536 bits per heavy atom.